The van der Waals surface area contributed by atoms with Gasteiger partial charge in [-0.3, -0.25) is 4.40 Å². The van der Waals surface area contributed by atoms with Crippen molar-refractivity contribution in [3.63, 3.8) is 0 Å². The normalized spacial score (nSPS) is 16.7. The van der Waals surface area contributed by atoms with Gasteiger partial charge in [-0.2, -0.15) is 0 Å². The van der Waals surface area contributed by atoms with E-state index in [0.29, 0.717) is 5.75 Å². The zero-order valence-corrected chi connectivity index (χ0v) is 14.2. The first-order valence-electron chi connectivity index (χ1n) is 8.32. The van der Waals surface area contributed by atoms with Gasteiger partial charge in [0.25, 0.3) is 0 Å². The maximum atomic E-state index is 13.6. The predicted molar refractivity (Wildman–Crippen MR) is 93.3 cm³/mol. The number of benzene rings is 1. The Morgan fingerprint density at radius 3 is 2.88 bits per heavy atom. The van der Waals surface area contributed by atoms with Crippen LogP contribution in [-0.4, -0.2) is 40.0 Å². The highest BCUT2D eigenvalue weighted by atomic mass is 32.1. The Kier molecular flexibility index (Phi) is 4.49. The summed E-state index contributed by atoms with van der Waals surface area (Å²) in [6, 6.07) is 6.64. The van der Waals surface area contributed by atoms with E-state index in [9.17, 15) is 4.39 Å². The van der Waals surface area contributed by atoms with E-state index < -0.39 is 0 Å². The van der Waals surface area contributed by atoms with Crippen LogP contribution in [0.3, 0.4) is 0 Å². The summed E-state index contributed by atoms with van der Waals surface area (Å²) in [5.41, 5.74) is 1.14. The molecule has 3 heterocycles. The summed E-state index contributed by atoms with van der Waals surface area (Å²) in [5.74, 6) is 0.0914. The molecule has 126 valence electrons. The number of likely N-dealkylation sites (tertiary alicyclic amines) is 1. The van der Waals surface area contributed by atoms with E-state index in [4.69, 9.17) is 4.74 Å². The second-order valence-electron chi connectivity index (χ2n) is 6.16. The van der Waals surface area contributed by atoms with Gasteiger partial charge in [0.1, 0.15) is 6.10 Å². The van der Waals surface area contributed by atoms with Gasteiger partial charge < -0.3 is 9.64 Å². The van der Waals surface area contributed by atoms with Gasteiger partial charge in [0.15, 0.2) is 16.5 Å². The quantitative estimate of drug-likeness (QED) is 0.707. The van der Waals surface area contributed by atoms with Gasteiger partial charge in [-0.25, -0.2) is 9.37 Å². The molecule has 0 aliphatic carbocycles. The summed E-state index contributed by atoms with van der Waals surface area (Å²) < 4.78 is 21.5. The zero-order valence-electron chi connectivity index (χ0n) is 13.4. The van der Waals surface area contributed by atoms with Crippen LogP contribution in [0.1, 0.15) is 18.5 Å². The van der Waals surface area contributed by atoms with Crippen LogP contribution in [-0.2, 0) is 6.42 Å². The molecule has 4 rings (SSSR count). The molecule has 6 heteroatoms. The lowest BCUT2D eigenvalue weighted by Crippen LogP contribution is -2.39. The number of halogens is 1. The van der Waals surface area contributed by atoms with E-state index in [1.54, 1.807) is 23.5 Å². The van der Waals surface area contributed by atoms with Gasteiger partial charge in [0.05, 0.1) is 5.69 Å². The van der Waals surface area contributed by atoms with E-state index >= 15 is 0 Å². The molecule has 3 aromatic rings. The Bertz CT molecular complexity index is 779. The minimum atomic E-state index is -0.278. The SMILES string of the molecule is Fc1ccccc1OC1CCN(CCc2cn3ccsc3n2)CC1. The van der Waals surface area contributed by atoms with Crippen molar-refractivity contribution in [2.75, 3.05) is 19.6 Å². The molecule has 0 spiro atoms. The van der Waals surface area contributed by atoms with Gasteiger partial charge in [0, 0.05) is 43.8 Å². The van der Waals surface area contributed by atoms with Crippen molar-refractivity contribution < 1.29 is 9.13 Å². The summed E-state index contributed by atoms with van der Waals surface area (Å²) in [4.78, 5) is 8.12. The Balaban J connectivity index is 1.25. The number of ether oxygens (including phenoxy) is 1. The molecular formula is C18H20FN3OS. The number of nitrogens with zero attached hydrogens (tertiary/aromatic N) is 3. The average molecular weight is 345 g/mol. The van der Waals surface area contributed by atoms with Gasteiger partial charge in [-0.1, -0.05) is 12.1 Å². The van der Waals surface area contributed by atoms with Crippen LogP contribution in [0, 0.1) is 5.82 Å². The van der Waals surface area contributed by atoms with Gasteiger partial charge in [0.2, 0.25) is 0 Å². The largest absolute Gasteiger partial charge is 0.487 e. The number of fused-ring (bicyclic) bond motifs is 1. The van der Waals surface area contributed by atoms with Crippen LogP contribution >= 0.6 is 11.3 Å². The fourth-order valence-corrected chi connectivity index (χ4v) is 3.86. The molecule has 1 aliphatic rings. The molecule has 0 N–H and O–H groups in total. The third kappa shape index (κ3) is 3.44. The minimum Gasteiger partial charge on any atom is -0.487 e. The first kappa shape index (κ1) is 15.6. The Morgan fingerprint density at radius 2 is 2.08 bits per heavy atom. The Hall–Kier alpha value is -1.92. The van der Waals surface area contributed by atoms with Crippen molar-refractivity contribution in [3.8, 4) is 5.75 Å². The lowest BCUT2D eigenvalue weighted by molar-refractivity contribution is 0.0977. The summed E-state index contributed by atoms with van der Waals surface area (Å²) in [6.45, 7) is 2.99. The zero-order chi connectivity index (χ0) is 16.4. The summed E-state index contributed by atoms with van der Waals surface area (Å²) in [7, 11) is 0. The predicted octanol–water partition coefficient (Wildman–Crippen LogP) is 3.62. The van der Waals surface area contributed by atoms with Crippen molar-refractivity contribution in [2.24, 2.45) is 0 Å². The third-order valence-electron chi connectivity index (χ3n) is 4.49. The monoisotopic (exact) mass is 345 g/mol. The first-order valence-corrected chi connectivity index (χ1v) is 9.20. The fraction of sp³-hybridized carbons (Fsp3) is 0.389. The lowest BCUT2D eigenvalue weighted by Gasteiger charge is -2.32. The highest BCUT2D eigenvalue weighted by molar-refractivity contribution is 7.15. The molecule has 1 aliphatic heterocycles. The maximum absolute atomic E-state index is 13.6. The second kappa shape index (κ2) is 6.91. The number of para-hydroxylation sites is 1. The highest BCUT2D eigenvalue weighted by Crippen LogP contribution is 2.22. The summed E-state index contributed by atoms with van der Waals surface area (Å²) >= 11 is 1.66. The van der Waals surface area contributed by atoms with Gasteiger partial charge >= 0.3 is 0 Å². The number of aromatic nitrogens is 2. The Morgan fingerprint density at radius 1 is 1.25 bits per heavy atom. The van der Waals surface area contributed by atoms with Crippen molar-refractivity contribution in [3.05, 3.63) is 53.6 Å². The molecule has 2 aromatic heterocycles. The molecule has 0 saturated carbocycles. The van der Waals surface area contributed by atoms with E-state index in [0.717, 1.165) is 49.6 Å². The van der Waals surface area contributed by atoms with E-state index in [1.165, 1.54) is 6.07 Å². The number of hydrogen-bond acceptors (Lipinski definition) is 4. The summed E-state index contributed by atoms with van der Waals surface area (Å²) in [6.07, 6.45) is 7.10. The van der Waals surface area contributed by atoms with E-state index in [-0.39, 0.29) is 11.9 Å². The smallest absolute Gasteiger partial charge is 0.193 e. The molecule has 4 nitrogen and oxygen atoms in total. The van der Waals surface area contributed by atoms with Crippen LogP contribution in [0.5, 0.6) is 5.75 Å². The number of imidazole rings is 1. The number of hydrogen-bond donors (Lipinski definition) is 0. The molecule has 0 radical (unpaired) electrons. The topological polar surface area (TPSA) is 29.8 Å². The maximum Gasteiger partial charge on any atom is 0.193 e. The van der Waals surface area contributed by atoms with E-state index in [1.807, 2.05) is 17.6 Å². The summed E-state index contributed by atoms with van der Waals surface area (Å²) in [5, 5.41) is 2.05. The first-order chi connectivity index (χ1) is 11.8. The van der Waals surface area contributed by atoms with Crippen molar-refractivity contribution in [1.82, 2.24) is 14.3 Å². The molecular weight excluding hydrogens is 325 g/mol. The van der Waals surface area contributed by atoms with Gasteiger partial charge in [-0.15, -0.1) is 11.3 Å². The molecule has 0 amide bonds. The molecule has 24 heavy (non-hydrogen) atoms. The van der Waals surface area contributed by atoms with Crippen LogP contribution < -0.4 is 4.74 Å². The highest BCUT2D eigenvalue weighted by Gasteiger charge is 2.21. The molecule has 0 unspecified atom stereocenters. The lowest BCUT2D eigenvalue weighted by atomic mass is 10.1. The number of piperidine rings is 1. The minimum absolute atomic E-state index is 0.107. The molecule has 1 saturated heterocycles. The molecule has 1 fully saturated rings. The van der Waals surface area contributed by atoms with Crippen molar-refractivity contribution >= 4 is 16.3 Å². The van der Waals surface area contributed by atoms with Crippen LogP contribution in [0.4, 0.5) is 4.39 Å². The molecule has 0 atom stereocenters. The van der Waals surface area contributed by atoms with Crippen LogP contribution in [0.2, 0.25) is 0 Å². The number of rotatable bonds is 5. The fourth-order valence-electron chi connectivity index (χ4n) is 3.14. The average Bonchev–Trinajstić information content (AvgIpc) is 3.18. The van der Waals surface area contributed by atoms with Gasteiger partial charge in [-0.05, 0) is 25.0 Å². The Labute approximate surface area is 144 Å². The number of thiazole rings is 1. The van der Waals surface area contributed by atoms with Crippen LogP contribution in [0.15, 0.2) is 42.0 Å². The third-order valence-corrected chi connectivity index (χ3v) is 5.26. The second-order valence-corrected chi connectivity index (χ2v) is 7.04. The van der Waals surface area contributed by atoms with Crippen LogP contribution in [0.25, 0.3) is 4.96 Å². The van der Waals surface area contributed by atoms with Crippen molar-refractivity contribution in [1.29, 1.82) is 0 Å². The molecule has 1 aromatic carbocycles. The molecule has 0 bridgehead atoms. The van der Waals surface area contributed by atoms with E-state index in [2.05, 4.69) is 20.5 Å². The van der Waals surface area contributed by atoms with Crippen molar-refractivity contribution in [2.45, 2.75) is 25.4 Å². The standard InChI is InChI=1S/C18H20FN3OS/c19-16-3-1-2-4-17(16)23-15-6-9-21(10-7-15)8-5-14-13-22-11-12-24-18(22)20-14/h1-4,11-13,15H,5-10H2.